The standard InChI is InChI=1S/C16H28N4O/c1-6-8-14-11-13(12-15(18-14)17-7-2)16(21)20(5)10-9-19(3)4/h11-12H,6-10H2,1-5H3,(H,17,18). The SMILES string of the molecule is CCCc1cc(C(=O)N(C)CCN(C)C)cc(NCC)n1. The number of aromatic nitrogens is 1. The van der Waals surface area contributed by atoms with Crippen molar-refractivity contribution in [2.75, 3.05) is 46.1 Å². The number of rotatable bonds is 8. The molecule has 0 saturated carbocycles. The van der Waals surface area contributed by atoms with Crippen molar-refractivity contribution >= 4 is 11.7 Å². The van der Waals surface area contributed by atoms with Gasteiger partial charge < -0.3 is 15.1 Å². The van der Waals surface area contributed by atoms with Crippen LogP contribution in [-0.4, -0.2) is 61.5 Å². The molecule has 0 aliphatic heterocycles. The number of aryl methyl sites for hydroxylation is 1. The van der Waals surface area contributed by atoms with Crippen molar-refractivity contribution in [3.8, 4) is 0 Å². The molecule has 1 aromatic rings. The smallest absolute Gasteiger partial charge is 0.253 e. The second-order valence-electron chi connectivity index (χ2n) is 5.54. The summed E-state index contributed by atoms with van der Waals surface area (Å²) in [5.74, 6) is 0.837. The summed E-state index contributed by atoms with van der Waals surface area (Å²) in [7, 11) is 5.86. The van der Waals surface area contributed by atoms with E-state index in [1.165, 1.54) is 0 Å². The van der Waals surface area contributed by atoms with Gasteiger partial charge >= 0.3 is 0 Å². The molecule has 5 heteroatoms. The molecule has 0 aliphatic carbocycles. The molecule has 0 spiro atoms. The van der Waals surface area contributed by atoms with Gasteiger partial charge in [-0.05, 0) is 39.6 Å². The molecule has 118 valence electrons. The van der Waals surface area contributed by atoms with E-state index in [1.807, 2.05) is 40.2 Å². The summed E-state index contributed by atoms with van der Waals surface area (Å²) in [6.07, 6.45) is 1.91. The van der Waals surface area contributed by atoms with Gasteiger partial charge in [0.15, 0.2) is 0 Å². The Balaban J connectivity index is 2.90. The maximum absolute atomic E-state index is 12.5. The number of anilines is 1. The van der Waals surface area contributed by atoms with Crippen molar-refractivity contribution in [1.82, 2.24) is 14.8 Å². The van der Waals surface area contributed by atoms with Gasteiger partial charge in [-0.3, -0.25) is 4.79 Å². The van der Waals surface area contributed by atoms with Crippen molar-refractivity contribution in [3.05, 3.63) is 23.4 Å². The van der Waals surface area contributed by atoms with Crippen LogP contribution in [0.3, 0.4) is 0 Å². The maximum atomic E-state index is 12.5. The number of amides is 1. The lowest BCUT2D eigenvalue weighted by Crippen LogP contribution is -2.33. The van der Waals surface area contributed by atoms with Crippen LogP contribution in [0.15, 0.2) is 12.1 Å². The first-order chi connectivity index (χ1) is 9.97. The third-order valence-electron chi connectivity index (χ3n) is 3.22. The zero-order chi connectivity index (χ0) is 15.8. The minimum absolute atomic E-state index is 0.0516. The molecule has 0 radical (unpaired) electrons. The molecule has 21 heavy (non-hydrogen) atoms. The Labute approximate surface area is 128 Å². The van der Waals surface area contributed by atoms with E-state index >= 15 is 0 Å². The molecule has 1 heterocycles. The quantitative estimate of drug-likeness (QED) is 0.797. The van der Waals surface area contributed by atoms with Gasteiger partial charge in [0.05, 0.1) is 0 Å². The van der Waals surface area contributed by atoms with Gasteiger partial charge in [-0.2, -0.15) is 0 Å². The topological polar surface area (TPSA) is 48.5 Å². The number of carbonyl (C=O) groups excluding carboxylic acids is 1. The number of pyridine rings is 1. The van der Waals surface area contributed by atoms with Crippen molar-refractivity contribution < 1.29 is 4.79 Å². The Hall–Kier alpha value is -1.62. The summed E-state index contributed by atoms with van der Waals surface area (Å²) in [6, 6.07) is 3.76. The highest BCUT2D eigenvalue weighted by Gasteiger charge is 2.14. The highest BCUT2D eigenvalue weighted by molar-refractivity contribution is 5.94. The number of likely N-dealkylation sites (N-methyl/N-ethyl adjacent to an activating group) is 2. The molecule has 0 fully saturated rings. The number of nitrogens with one attached hydrogen (secondary N) is 1. The average Bonchev–Trinajstić information content (AvgIpc) is 2.44. The Morgan fingerprint density at radius 1 is 1.19 bits per heavy atom. The van der Waals surface area contributed by atoms with Crippen molar-refractivity contribution in [2.45, 2.75) is 26.7 Å². The third kappa shape index (κ3) is 5.71. The van der Waals surface area contributed by atoms with E-state index in [-0.39, 0.29) is 5.91 Å². The van der Waals surface area contributed by atoms with Crippen LogP contribution in [0.5, 0.6) is 0 Å². The zero-order valence-electron chi connectivity index (χ0n) is 13.9. The second kappa shape index (κ2) is 8.62. The molecular formula is C16H28N4O. The predicted molar refractivity (Wildman–Crippen MR) is 87.9 cm³/mol. The first kappa shape index (κ1) is 17.4. The van der Waals surface area contributed by atoms with Crippen LogP contribution in [0.1, 0.15) is 36.3 Å². The minimum Gasteiger partial charge on any atom is -0.370 e. The van der Waals surface area contributed by atoms with E-state index in [2.05, 4.69) is 22.1 Å². The van der Waals surface area contributed by atoms with Crippen molar-refractivity contribution in [1.29, 1.82) is 0 Å². The molecule has 5 nitrogen and oxygen atoms in total. The van der Waals surface area contributed by atoms with Crippen LogP contribution in [0, 0.1) is 0 Å². The van der Waals surface area contributed by atoms with Crippen LogP contribution < -0.4 is 5.32 Å². The van der Waals surface area contributed by atoms with Gasteiger partial charge in [-0.15, -0.1) is 0 Å². The van der Waals surface area contributed by atoms with E-state index < -0.39 is 0 Å². The van der Waals surface area contributed by atoms with E-state index in [0.717, 1.165) is 37.4 Å². The van der Waals surface area contributed by atoms with Gasteiger partial charge in [0.2, 0.25) is 0 Å². The zero-order valence-corrected chi connectivity index (χ0v) is 13.9. The molecular weight excluding hydrogens is 264 g/mol. The Kier molecular flexibility index (Phi) is 7.15. The van der Waals surface area contributed by atoms with Gasteiger partial charge in [0.1, 0.15) is 5.82 Å². The number of hydrogen-bond acceptors (Lipinski definition) is 4. The van der Waals surface area contributed by atoms with Crippen molar-refractivity contribution in [3.63, 3.8) is 0 Å². The lowest BCUT2D eigenvalue weighted by atomic mass is 10.1. The van der Waals surface area contributed by atoms with E-state index in [1.54, 1.807) is 4.90 Å². The van der Waals surface area contributed by atoms with Gasteiger partial charge in [0, 0.05) is 37.9 Å². The molecule has 0 bridgehead atoms. The molecule has 0 unspecified atom stereocenters. The van der Waals surface area contributed by atoms with E-state index in [4.69, 9.17) is 0 Å². The molecule has 0 atom stereocenters. The second-order valence-corrected chi connectivity index (χ2v) is 5.54. The molecule has 1 amide bonds. The van der Waals surface area contributed by atoms with Crippen LogP contribution in [-0.2, 0) is 6.42 Å². The minimum atomic E-state index is 0.0516. The van der Waals surface area contributed by atoms with Gasteiger partial charge in [-0.1, -0.05) is 13.3 Å². The summed E-state index contributed by atoms with van der Waals surface area (Å²) in [5, 5.41) is 3.20. The van der Waals surface area contributed by atoms with Crippen LogP contribution in [0.2, 0.25) is 0 Å². The summed E-state index contributed by atoms with van der Waals surface area (Å²) >= 11 is 0. The average molecular weight is 292 g/mol. The monoisotopic (exact) mass is 292 g/mol. The van der Waals surface area contributed by atoms with Crippen LogP contribution >= 0.6 is 0 Å². The van der Waals surface area contributed by atoms with Crippen LogP contribution in [0.4, 0.5) is 5.82 Å². The summed E-state index contributed by atoms with van der Waals surface area (Å²) < 4.78 is 0. The molecule has 0 aromatic carbocycles. The summed E-state index contributed by atoms with van der Waals surface area (Å²) in [6.45, 7) is 6.51. The lowest BCUT2D eigenvalue weighted by Gasteiger charge is -2.20. The lowest BCUT2D eigenvalue weighted by molar-refractivity contribution is 0.0786. The number of hydrogen-bond donors (Lipinski definition) is 1. The molecule has 0 saturated heterocycles. The fraction of sp³-hybridized carbons (Fsp3) is 0.625. The summed E-state index contributed by atoms with van der Waals surface area (Å²) in [4.78, 5) is 20.9. The normalized spacial score (nSPS) is 10.8. The Morgan fingerprint density at radius 2 is 1.90 bits per heavy atom. The number of nitrogens with zero attached hydrogens (tertiary/aromatic N) is 3. The van der Waals surface area contributed by atoms with E-state index in [9.17, 15) is 4.79 Å². The van der Waals surface area contributed by atoms with Gasteiger partial charge in [0.25, 0.3) is 5.91 Å². The predicted octanol–water partition coefficient (Wildman–Crippen LogP) is 2.10. The van der Waals surface area contributed by atoms with Crippen LogP contribution in [0.25, 0.3) is 0 Å². The molecule has 1 aromatic heterocycles. The molecule has 1 rings (SSSR count). The van der Waals surface area contributed by atoms with Crippen molar-refractivity contribution in [2.24, 2.45) is 0 Å². The highest BCUT2D eigenvalue weighted by Crippen LogP contribution is 2.14. The molecule has 0 aliphatic rings. The Morgan fingerprint density at radius 3 is 2.48 bits per heavy atom. The first-order valence-corrected chi connectivity index (χ1v) is 7.63. The largest absolute Gasteiger partial charge is 0.370 e. The Bertz CT molecular complexity index is 435. The van der Waals surface area contributed by atoms with E-state index in [0.29, 0.717) is 12.1 Å². The first-order valence-electron chi connectivity index (χ1n) is 7.63. The maximum Gasteiger partial charge on any atom is 0.253 e. The number of carbonyl (C=O) groups is 1. The fourth-order valence-corrected chi connectivity index (χ4v) is 2.04. The summed E-state index contributed by atoms with van der Waals surface area (Å²) in [5.41, 5.74) is 1.69. The molecule has 1 N–H and O–H groups in total. The van der Waals surface area contributed by atoms with Gasteiger partial charge in [-0.25, -0.2) is 4.98 Å². The highest BCUT2D eigenvalue weighted by atomic mass is 16.2. The third-order valence-corrected chi connectivity index (χ3v) is 3.22. The fourth-order valence-electron chi connectivity index (χ4n) is 2.04.